The lowest BCUT2D eigenvalue weighted by Gasteiger charge is -2.29. The Balaban J connectivity index is 1.29. The zero-order valence-corrected chi connectivity index (χ0v) is 19.2. The molecule has 2 aromatic carbocycles. The van der Waals surface area contributed by atoms with Crippen LogP contribution in [0.2, 0.25) is 10.0 Å². The molecular formula is C23H24Cl2F2N2O4. The van der Waals surface area contributed by atoms with Crippen molar-refractivity contribution >= 4 is 35.0 Å². The summed E-state index contributed by atoms with van der Waals surface area (Å²) in [5.41, 5.74) is 0. The van der Waals surface area contributed by atoms with Crippen molar-refractivity contribution in [3.63, 3.8) is 0 Å². The molecule has 10 heteroatoms. The number of carbonyl (C=O) groups is 2. The van der Waals surface area contributed by atoms with Crippen LogP contribution in [-0.2, 0) is 9.59 Å². The Morgan fingerprint density at radius 1 is 0.848 bits per heavy atom. The molecule has 0 aromatic heterocycles. The standard InChI is InChI=1S/C23H24Cl2F2N2O4/c24-18-7-5-16(9-20(18)26)32-12-22(30)28-11-14-1-3-15(4-2-14)29-23(31)13-33-17-6-8-19(25)21(27)10-17/h5-10,14-15H,1-4,11-13H2,(H,28,30)(H,29,31). The zero-order chi connectivity index (χ0) is 23.8. The predicted molar refractivity (Wildman–Crippen MR) is 121 cm³/mol. The molecule has 2 aromatic rings. The largest absolute Gasteiger partial charge is 0.484 e. The van der Waals surface area contributed by atoms with E-state index in [9.17, 15) is 18.4 Å². The third-order valence-electron chi connectivity index (χ3n) is 5.32. The third kappa shape index (κ3) is 8.05. The molecule has 0 atom stereocenters. The summed E-state index contributed by atoms with van der Waals surface area (Å²) in [5, 5.41) is 5.72. The van der Waals surface area contributed by atoms with Crippen molar-refractivity contribution in [1.82, 2.24) is 10.6 Å². The molecule has 0 saturated heterocycles. The molecular weight excluding hydrogens is 477 g/mol. The van der Waals surface area contributed by atoms with Gasteiger partial charge in [-0.1, -0.05) is 23.2 Å². The Labute approximate surface area is 200 Å². The highest BCUT2D eigenvalue weighted by Crippen LogP contribution is 2.24. The number of nitrogens with one attached hydrogen (secondary N) is 2. The van der Waals surface area contributed by atoms with E-state index in [-0.39, 0.29) is 52.6 Å². The van der Waals surface area contributed by atoms with E-state index in [1.54, 1.807) is 0 Å². The van der Waals surface area contributed by atoms with Crippen LogP contribution in [0.5, 0.6) is 11.5 Å². The number of rotatable bonds is 9. The van der Waals surface area contributed by atoms with Crippen molar-refractivity contribution in [2.45, 2.75) is 31.7 Å². The number of hydrogen-bond donors (Lipinski definition) is 2. The lowest BCUT2D eigenvalue weighted by Crippen LogP contribution is -2.42. The fourth-order valence-electron chi connectivity index (χ4n) is 3.52. The Kier molecular flexibility index (Phi) is 9.14. The smallest absolute Gasteiger partial charge is 0.258 e. The quantitative estimate of drug-likeness (QED) is 0.530. The number of ether oxygens (including phenoxy) is 2. The van der Waals surface area contributed by atoms with Crippen molar-refractivity contribution in [2.75, 3.05) is 19.8 Å². The molecule has 0 spiro atoms. The molecule has 33 heavy (non-hydrogen) atoms. The maximum Gasteiger partial charge on any atom is 0.258 e. The van der Waals surface area contributed by atoms with Gasteiger partial charge in [-0.05, 0) is 55.9 Å². The highest BCUT2D eigenvalue weighted by molar-refractivity contribution is 6.31. The van der Waals surface area contributed by atoms with Crippen molar-refractivity contribution in [1.29, 1.82) is 0 Å². The molecule has 178 valence electrons. The van der Waals surface area contributed by atoms with Crippen LogP contribution < -0.4 is 20.1 Å². The van der Waals surface area contributed by atoms with E-state index in [0.717, 1.165) is 37.8 Å². The minimum atomic E-state index is -0.608. The van der Waals surface area contributed by atoms with Crippen molar-refractivity contribution < 1.29 is 27.8 Å². The Morgan fingerprint density at radius 3 is 1.88 bits per heavy atom. The highest BCUT2D eigenvalue weighted by Gasteiger charge is 2.23. The summed E-state index contributed by atoms with van der Waals surface area (Å²) < 4.78 is 37.4. The van der Waals surface area contributed by atoms with Crippen LogP contribution in [-0.4, -0.2) is 37.6 Å². The number of hydrogen-bond acceptors (Lipinski definition) is 4. The van der Waals surface area contributed by atoms with Gasteiger partial charge in [0, 0.05) is 24.7 Å². The van der Waals surface area contributed by atoms with Gasteiger partial charge in [0.1, 0.15) is 23.1 Å². The lowest BCUT2D eigenvalue weighted by atomic mass is 9.86. The van der Waals surface area contributed by atoms with Crippen LogP contribution in [0.15, 0.2) is 36.4 Å². The molecule has 0 bridgehead atoms. The molecule has 1 aliphatic rings. The van der Waals surface area contributed by atoms with E-state index in [1.807, 2.05) is 0 Å². The average Bonchev–Trinajstić information content (AvgIpc) is 2.80. The first kappa shape index (κ1) is 25.1. The second-order valence-electron chi connectivity index (χ2n) is 7.82. The predicted octanol–water partition coefficient (Wildman–Crippen LogP) is 4.52. The van der Waals surface area contributed by atoms with Gasteiger partial charge in [-0.2, -0.15) is 0 Å². The van der Waals surface area contributed by atoms with Gasteiger partial charge in [0.2, 0.25) is 0 Å². The van der Waals surface area contributed by atoms with Gasteiger partial charge in [-0.25, -0.2) is 8.78 Å². The summed E-state index contributed by atoms with van der Waals surface area (Å²) in [6.45, 7) is 0.0711. The number of amides is 2. The molecule has 3 rings (SSSR count). The first-order valence-electron chi connectivity index (χ1n) is 10.5. The van der Waals surface area contributed by atoms with Gasteiger partial charge in [-0.15, -0.1) is 0 Å². The molecule has 0 radical (unpaired) electrons. The van der Waals surface area contributed by atoms with Crippen molar-refractivity contribution in [2.24, 2.45) is 5.92 Å². The van der Waals surface area contributed by atoms with E-state index in [1.165, 1.54) is 24.3 Å². The van der Waals surface area contributed by atoms with Crippen LogP contribution in [0.3, 0.4) is 0 Å². The van der Waals surface area contributed by atoms with Crippen molar-refractivity contribution in [3.05, 3.63) is 58.1 Å². The number of carbonyl (C=O) groups excluding carboxylic acids is 2. The summed E-state index contributed by atoms with van der Waals surface area (Å²) in [4.78, 5) is 24.1. The molecule has 1 aliphatic carbocycles. The van der Waals surface area contributed by atoms with Crippen LogP contribution in [0.25, 0.3) is 0 Å². The molecule has 0 aliphatic heterocycles. The first-order valence-corrected chi connectivity index (χ1v) is 11.3. The van der Waals surface area contributed by atoms with Crippen LogP contribution in [0.4, 0.5) is 8.78 Å². The maximum atomic E-state index is 13.4. The normalized spacial score (nSPS) is 17.8. The topological polar surface area (TPSA) is 76.7 Å². The molecule has 1 saturated carbocycles. The lowest BCUT2D eigenvalue weighted by molar-refractivity contribution is -0.124. The summed E-state index contributed by atoms with van der Waals surface area (Å²) >= 11 is 11.2. The molecule has 1 fully saturated rings. The first-order chi connectivity index (χ1) is 15.8. The van der Waals surface area contributed by atoms with Gasteiger partial charge in [-0.3, -0.25) is 9.59 Å². The van der Waals surface area contributed by atoms with Gasteiger partial charge < -0.3 is 20.1 Å². The fraction of sp³-hybridized carbons (Fsp3) is 0.391. The average molecular weight is 501 g/mol. The van der Waals surface area contributed by atoms with Crippen LogP contribution in [0.1, 0.15) is 25.7 Å². The molecule has 6 nitrogen and oxygen atoms in total. The van der Waals surface area contributed by atoms with Gasteiger partial charge in [0.05, 0.1) is 10.0 Å². The summed E-state index contributed by atoms with van der Waals surface area (Å²) in [7, 11) is 0. The molecule has 2 amide bonds. The maximum absolute atomic E-state index is 13.4. The third-order valence-corrected chi connectivity index (χ3v) is 5.93. The minimum absolute atomic E-state index is 0.00998. The minimum Gasteiger partial charge on any atom is -0.484 e. The van der Waals surface area contributed by atoms with E-state index >= 15 is 0 Å². The van der Waals surface area contributed by atoms with E-state index in [4.69, 9.17) is 32.7 Å². The van der Waals surface area contributed by atoms with Gasteiger partial charge >= 0.3 is 0 Å². The van der Waals surface area contributed by atoms with Crippen LogP contribution in [0, 0.1) is 17.6 Å². The SMILES string of the molecule is O=C(COc1ccc(Cl)c(F)c1)NCC1CCC(NC(=O)COc2ccc(Cl)c(F)c2)CC1. The Morgan fingerprint density at radius 2 is 1.36 bits per heavy atom. The summed E-state index contributed by atoms with van der Waals surface area (Å²) in [6.07, 6.45) is 3.25. The second kappa shape index (κ2) is 12.0. The summed E-state index contributed by atoms with van der Waals surface area (Å²) in [5.74, 6) is -1.03. The highest BCUT2D eigenvalue weighted by atomic mass is 35.5. The van der Waals surface area contributed by atoms with Crippen LogP contribution >= 0.6 is 23.2 Å². The van der Waals surface area contributed by atoms with Crippen molar-refractivity contribution in [3.8, 4) is 11.5 Å². The molecule has 0 heterocycles. The molecule has 0 unspecified atom stereocenters. The number of benzene rings is 2. The second-order valence-corrected chi connectivity index (χ2v) is 8.63. The van der Waals surface area contributed by atoms with E-state index in [2.05, 4.69) is 10.6 Å². The summed E-state index contributed by atoms with van der Waals surface area (Å²) in [6, 6.07) is 8.01. The zero-order valence-electron chi connectivity index (χ0n) is 17.7. The van der Waals surface area contributed by atoms with E-state index in [0.29, 0.717) is 12.5 Å². The Hall–Kier alpha value is -2.58. The Bertz CT molecular complexity index is 985. The fourth-order valence-corrected chi connectivity index (χ4v) is 3.76. The molecule has 2 N–H and O–H groups in total. The van der Waals surface area contributed by atoms with Gasteiger partial charge in [0.25, 0.3) is 11.8 Å². The monoisotopic (exact) mass is 500 g/mol. The van der Waals surface area contributed by atoms with E-state index < -0.39 is 11.6 Å². The number of halogens is 4. The van der Waals surface area contributed by atoms with Gasteiger partial charge in [0.15, 0.2) is 13.2 Å².